The Hall–Kier alpha value is -2.93. The first-order chi connectivity index (χ1) is 14.1. The lowest BCUT2D eigenvalue weighted by atomic mass is 10.1. The van der Waals surface area contributed by atoms with E-state index >= 15 is 0 Å². The van der Waals surface area contributed by atoms with Gasteiger partial charge in [0, 0.05) is 36.5 Å². The summed E-state index contributed by atoms with van der Waals surface area (Å²) in [7, 11) is 5.19. The van der Waals surface area contributed by atoms with Crippen LogP contribution in [0.1, 0.15) is 23.9 Å². The van der Waals surface area contributed by atoms with Gasteiger partial charge in [-0.05, 0) is 42.0 Å². The third kappa shape index (κ3) is 5.54. The van der Waals surface area contributed by atoms with Crippen LogP contribution in [0.25, 0.3) is 0 Å². The summed E-state index contributed by atoms with van der Waals surface area (Å²) in [6, 6.07) is 15.2. The standard InChI is InChI=1S/C22H25N3O3S/c1-25-13-12-23-22(25)21(16-5-4-6-18(15-16)28-3)24-20(26)11-14-29-19-9-7-17(27-2)8-10-19/h4-10,12-13,15,21H,11,14H2,1-3H3,(H,24,26). The number of nitrogens with zero attached hydrogens (tertiary/aromatic N) is 2. The van der Waals surface area contributed by atoms with Crippen molar-refractivity contribution in [3.8, 4) is 11.5 Å². The molecule has 7 heteroatoms. The molecule has 0 bridgehead atoms. The van der Waals surface area contributed by atoms with Gasteiger partial charge in [0.05, 0.1) is 14.2 Å². The number of carbonyl (C=O) groups is 1. The van der Waals surface area contributed by atoms with Crippen LogP contribution in [-0.4, -0.2) is 35.4 Å². The first-order valence-corrected chi connectivity index (χ1v) is 10.3. The maximum atomic E-state index is 12.7. The minimum Gasteiger partial charge on any atom is -0.497 e. The second-order valence-corrected chi connectivity index (χ2v) is 7.62. The first kappa shape index (κ1) is 20.8. The molecule has 0 radical (unpaired) electrons. The number of amides is 1. The van der Waals surface area contributed by atoms with Gasteiger partial charge in [-0.25, -0.2) is 4.98 Å². The van der Waals surface area contributed by atoms with Gasteiger partial charge in [-0.15, -0.1) is 11.8 Å². The molecule has 6 nitrogen and oxygen atoms in total. The Bertz CT molecular complexity index is 940. The number of hydrogen-bond donors (Lipinski definition) is 1. The van der Waals surface area contributed by atoms with Gasteiger partial charge >= 0.3 is 0 Å². The normalized spacial score (nSPS) is 11.7. The van der Waals surface area contributed by atoms with Gasteiger partial charge in [0.25, 0.3) is 0 Å². The maximum Gasteiger partial charge on any atom is 0.221 e. The Morgan fingerprint density at radius 3 is 2.55 bits per heavy atom. The molecular formula is C22H25N3O3S. The molecule has 3 rings (SSSR count). The van der Waals surface area contributed by atoms with Gasteiger partial charge in [-0.3, -0.25) is 4.79 Å². The maximum absolute atomic E-state index is 12.7. The molecule has 29 heavy (non-hydrogen) atoms. The Morgan fingerprint density at radius 2 is 1.90 bits per heavy atom. The Kier molecular flexibility index (Phi) is 7.19. The van der Waals surface area contributed by atoms with Gasteiger partial charge in [0.2, 0.25) is 5.91 Å². The van der Waals surface area contributed by atoms with E-state index in [1.54, 1.807) is 32.2 Å². The van der Waals surface area contributed by atoms with E-state index < -0.39 is 0 Å². The quantitative estimate of drug-likeness (QED) is 0.542. The van der Waals surface area contributed by atoms with Crippen molar-refractivity contribution in [3.05, 3.63) is 72.3 Å². The van der Waals surface area contributed by atoms with Crippen molar-refractivity contribution in [3.63, 3.8) is 0 Å². The number of aryl methyl sites for hydroxylation is 1. The molecule has 152 valence electrons. The number of methoxy groups -OCH3 is 2. The van der Waals surface area contributed by atoms with Crippen molar-refractivity contribution in [2.24, 2.45) is 7.05 Å². The molecule has 1 heterocycles. The lowest BCUT2D eigenvalue weighted by Gasteiger charge is -2.20. The highest BCUT2D eigenvalue weighted by Gasteiger charge is 2.21. The average Bonchev–Trinajstić information content (AvgIpc) is 3.18. The van der Waals surface area contributed by atoms with Crippen LogP contribution in [-0.2, 0) is 11.8 Å². The fraction of sp³-hybridized carbons (Fsp3) is 0.273. The smallest absolute Gasteiger partial charge is 0.221 e. The monoisotopic (exact) mass is 411 g/mol. The van der Waals surface area contributed by atoms with E-state index in [-0.39, 0.29) is 11.9 Å². The van der Waals surface area contributed by atoms with Gasteiger partial charge in [-0.1, -0.05) is 12.1 Å². The number of thioether (sulfide) groups is 1. The van der Waals surface area contributed by atoms with E-state index in [2.05, 4.69) is 10.3 Å². The summed E-state index contributed by atoms with van der Waals surface area (Å²) >= 11 is 1.64. The fourth-order valence-corrected chi connectivity index (χ4v) is 3.79. The van der Waals surface area contributed by atoms with E-state index in [1.807, 2.05) is 66.3 Å². The molecule has 2 aromatic carbocycles. The van der Waals surface area contributed by atoms with Crippen LogP contribution >= 0.6 is 11.8 Å². The molecule has 0 saturated heterocycles. The van der Waals surface area contributed by atoms with Crippen LogP contribution < -0.4 is 14.8 Å². The molecule has 0 fully saturated rings. The predicted octanol–water partition coefficient (Wildman–Crippen LogP) is 3.83. The van der Waals surface area contributed by atoms with Crippen molar-refractivity contribution in [1.82, 2.24) is 14.9 Å². The molecule has 3 aromatic rings. The van der Waals surface area contributed by atoms with Crippen molar-refractivity contribution in [1.29, 1.82) is 0 Å². The van der Waals surface area contributed by atoms with Crippen LogP contribution in [0.5, 0.6) is 11.5 Å². The lowest BCUT2D eigenvalue weighted by Crippen LogP contribution is -2.31. The topological polar surface area (TPSA) is 65.4 Å². The van der Waals surface area contributed by atoms with Crippen molar-refractivity contribution >= 4 is 17.7 Å². The number of ether oxygens (including phenoxy) is 2. The highest BCUT2D eigenvalue weighted by atomic mass is 32.2. The van der Waals surface area contributed by atoms with E-state index in [0.29, 0.717) is 12.2 Å². The Labute approximate surface area is 175 Å². The second kappa shape index (κ2) is 10.0. The second-order valence-electron chi connectivity index (χ2n) is 6.45. The van der Waals surface area contributed by atoms with E-state index in [0.717, 1.165) is 27.8 Å². The molecular weight excluding hydrogens is 386 g/mol. The number of nitrogens with one attached hydrogen (secondary N) is 1. The van der Waals surface area contributed by atoms with Crippen LogP contribution in [0.4, 0.5) is 0 Å². The SMILES string of the molecule is COc1ccc(SCCC(=O)NC(c2cccc(OC)c2)c2nccn2C)cc1. The first-order valence-electron chi connectivity index (χ1n) is 9.28. The molecule has 1 unspecified atom stereocenters. The summed E-state index contributed by atoms with van der Waals surface area (Å²) in [5.41, 5.74) is 0.926. The summed E-state index contributed by atoms with van der Waals surface area (Å²) < 4.78 is 12.4. The van der Waals surface area contributed by atoms with Gasteiger partial charge in [-0.2, -0.15) is 0 Å². The van der Waals surface area contributed by atoms with Gasteiger partial charge in [0.1, 0.15) is 23.4 Å². The van der Waals surface area contributed by atoms with Crippen molar-refractivity contribution < 1.29 is 14.3 Å². The lowest BCUT2D eigenvalue weighted by molar-refractivity contribution is -0.121. The van der Waals surface area contributed by atoms with Crippen LogP contribution in [0.15, 0.2) is 65.8 Å². The highest BCUT2D eigenvalue weighted by Crippen LogP contribution is 2.25. The Balaban J connectivity index is 1.65. The molecule has 1 aromatic heterocycles. The summed E-state index contributed by atoms with van der Waals surface area (Å²) in [6.45, 7) is 0. The summed E-state index contributed by atoms with van der Waals surface area (Å²) in [4.78, 5) is 18.2. The van der Waals surface area contributed by atoms with Crippen LogP contribution in [0.2, 0.25) is 0 Å². The minimum atomic E-state index is -0.344. The van der Waals surface area contributed by atoms with Crippen LogP contribution in [0.3, 0.4) is 0 Å². The zero-order chi connectivity index (χ0) is 20.6. The van der Waals surface area contributed by atoms with Crippen LogP contribution in [0, 0.1) is 0 Å². The molecule has 0 spiro atoms. The van der Waals surface area contributed by atoms with Crippen molar-refractivity contribution in [2.45, 2.75) is 17.4 Å². The summed E-state index contributed by atoms with van der Waals surface area (Å²) in [6.07, 6.45) is 4.00. The molecule has 1 atom stereocenters. The molecule has 1 N–H and O–H groups in total. The third-order valence-electron chi connectivity index (χ3n) is 4.51. The Morgan fingerprint density at radius 1 is 1.14 bits per heavy atom. The number of benzene rings is 2. The number of carbonyl (C=O) groups excluding carboxylic acids is 1. The largest absolute Gasteiger partial charge is 0.497 e. The molecule has 0 aliphatic heterocycles. The fourth-order valence-electron chi connectivity index (χ4n) is 2.94. The average molecular weight is 412 g/mol. The zero-order valence-corrected chi connectivity index (χ0v) is 17.6. The molecule has 0 saturated carbocycles. The predicted molar refractivity (Wildman–Crippen MR) is 115 cm³/mol. The number of imidazole rings is 1. The number of rotatable bonds is 9. The van der Waals surface area contributed by atoms with Gasteiger partial charge < -0.3 is 19.4 Å². The van der Waals surface area contributed by atoms with E-state index in [1.165, 1.54) is 0 Å². The van der Waals surface area contributed by atoms with E-state index in [9.17, 15) is 4.79 Å². The number of aromatic nitrogens is 2. The molecule has 1 amide bonds. The number of hydrogen-bond acceptors (Lipinski definition) is 5. The highest BCUT2D eigenvalue weighted by molar-refractivity contribution is 7.99. The zero-order valence-electron chi connectivity index (χ0n) is 16.8. The van der Waals surface area contributed by atoms with E-state index in [4.69, 9.17) is 9.47 Å². The summed E-state index contributed by atoms with van der Waals surface area (Å²) in [5.74, 6) is 2.99. The van der Waals surface area contributed by atoms with Crippen molar-refractivity contribution in [2.75, 3.05) is 20.0 Å². The molecule has 0 aliphatic rings. The third-order valence-corrected chi connectivity index (χ3v) is 5.52. The summed E-state index contributed by atoms with van der Waals surface area (Å²) in [5, 5.41) is 3.12. The van der Waals surface area contributed by atoms with Gasteiger partial charge in [0.15, 0.2) is 0 Å². The molecule has 0 aliphatic carbocycles. The minimum absolute atomic E-state index is 0.0261.